The van der Waals surface area contributed by atoms with Gasteiger partial charge >= 0.3 is 0 Å². The van der Waals surface area contributed by atoms with Gasteiger partial charge in [-0.15, -0.1) is 0 Å². The van der Waals surface area contributed by atoms with E-state index < -0.39 is 0 Å². The number of Topliss-reactive ketones (excluding diaryl/α,β-unsaturated/α-hetero) is 1. The molecule has 110 valence electrons. The highest BCUT2D eigenvalue weighted by Gasteiger charge is 2.11. The fourth-order valence-corrected chi connectivity index (χ4v) is 1.63. The SMILES string of the molecule is COc1ccc(CC(=O)NCC(=O)C(C)C)cc1OC. The number of carbonyl (C=O) groups is 2. The van der Waals surface area contributed by atoms with Crippen LogP contribution in [0.5, 0.6) is 11.5 Å². The number of hydrogen-bond donors (Lipinski definition) is 1. The largest absolute Gasteiger partial charge is 0.493 e. The summed E-state index contributed by atoms with van der Waals surface area (Å²) in [6.45, 7) is 3.69. The first-order chi connectivity index (χ1) is 9.47. The third kappa shape index (κ3) is 4.57. The van der Waals surface area contributed by atoms with Crippen LogP contribution in [0.15, 0.2) is 18.2 Å². The van der Waals surface area contributed by atoms with Gasteiger partial charge < -0.3 is 14.8 Å². The smallest absolute Gasteiger partial charge is 0.224 e. The molecule has 0 unspecified atom stereocenters. The van der Waals surface area contributed by atoms with E-state index in [2.05, 4.69) is 5.32 Å². The minimum Gasteiger partial charge on any atom is -0.493 e. The Balaban J connectivity index is 2.60. The van der Waals surface area contributed by atoms with Gasteiger partial charge in [0.25, 0.3) is 0 Å². The molecule has 1 rings (SSSR count). The van der Waals surface area contributed by atoms with Crippen molar-refractivity contribution in [2.45, 2.75) is 20.3 Å². The van der Waals surface area contributed by atoms with Crippen LogP contribution in [-0.4, -0.2) is 32.5 Å². The molecule has 0 spiro atoms. The monoisotopic (exact) mass is 279 g/mol. The van der Waals surface area contributed by atoms with E-state index in [-0.39, 0.29) is 30.6 Å². The van der Waals surface area contributed by atoms with E-state index >= 15 is 0 Å². The van der Waals surface area contributed by atoms with E-state index in [4.69, 9.17) is 9.47 Å². The van der Waals surface area contributed by atoms with Gasteiger partial charge in [-0.25, -0.2) is 0 Å². The summed E-state index contributed by atoms with van der Waals surface area (Å²) in [5, 5.41) is 2.62. The van der Waals surface area contributed by atoms with Gasteiger partial charge in [-0.05, 0) is 17.7 Å². The molecular weight excluding hydrogens is 258 g/mol. The zero-order valence-corrected chi connectivity index (χ0v) is 12.4. The number of amides is 1. The minimum atomic E-state index is -0.189. The zero-order chi connectivity index (χ0) is 15.1. The Bertz CT molecular complexity index is 483. The predicted octanol–water partition coefficient (Wildman–Crippen LogP) is 1.59. The van der Waals surface area contributed by atoms with Gasteiger partial charge in [0.1, 0.15) is 0 Å². The molecule has 20 heavy (non-hydrogen) atoms. The average Bonchev–Trinajstić information content (AvgIpc) is 2.44. The van der Waals surface area contributed by atoms with Crippen molar-refractivity contribution >= 4 is 11.7 Å². The minimum absolute atomic E-state index is 0.0191. The van der Waals surface area contributed by atoms with E-state index in [0.717, 1.165) is 5.56 Å². The highest BCUT2D eigenvalue weighted by molar-refractivity contribution is 5.87. The number of hydrogen-bond acceptors (Lipinski definition) is 4. The molecule has 0 atom stereocenters. The molecule has 0 saturated heterocycles. The molecule has 1 aromatic rings. The second-order valence-corrected chi connectivity index (χ2v) is 4.76. The molecule has 5 nitrogen and oxygen atoms in total. The van der Waals surface area contributed by atoms with E-state index in [0.29, 0.717) is 11.5 Å². The average molecular weight is 279 g/mol. The molecule has 0 heterocycles. The van der Waals surface area contributed by atoms with Crippen LogP contribution in [0.25, 0.3) is 0 Å². The van der Waals surface area contributed by atoms with E-state index in [9.17, 15) is 9.59 Å². The normalized spacial score (nSPS) is 10.2. The number of methoxy groups -OCH3 is 2. The quantitative estimate of drug-likeness (QED) is 0.823. The first-order valence-electron chi connectivity index (χ1n) is 6.48. The Morgan fingerprint density at radius 3 is 2.35 bits per heavy atom. The molecule has 0 radical (unpaired) electrons. The van der Waals surface area contributed by atoms with Gasteiger partial charge in [-0.3, -0.25) is 9.59 Å². The highest BCUT2D eigenvalue weighted by atomic mass is 16.5. The Morgan fingerprint density at radius 2 is 1.80 bits per heavy atom. The van der Waals surface area contributed by atoms with E-state index in [1.54, 1.807) is 32.4 Å². The lowest BCUT2D eigenvalue weighted by Crippen LogP contribution is -2.32. The number of benzene rings is 1. The molecule has 5 heteroatoms. The lowest BCUT2D eigenvalue weighted by molar-refractivity contribution is -0.126. The van der Waals surface area contributed by atoms with Crippen molar-refractivity contribution in [2.75, 3.05) is 20.8 Å². The number of nitrogens with one attached hydrogen (secondary N) is 1. The van der Waals surface area contributed by atoms with Crippen molar-refractivity contribution in [1.82, 2.24) is 5.32 Å². The van der Waals surface area contributed by atoms with Crippen LogP contribution in [0.4, 0.5) is 0 Å². The molecule has 1 amide bonds. The maximum Gasteiger partial charge on any atom is 0.224 e. The van der Waals surface area contributed by atoms with Crippen LogP contribution >= 0.6 is 0 Å². The predicted molar refractivity (Wildman–Crippen MR) is 76.1 cm³/mol. The summed E-state index contributed by atoms with van der Waals surface area (Å²) in [7, 11) is 3.10. The van der Waals surface area contributed by atoms with Crippen molar-refractivity contribution in [3.63, 3.8) is 0 Å². The van der Waals surface area contributed by atoms with Crippen molar-refractivity contribution < 1.29 is 19.1 Å². The van der Waals surface area contributed by atoms with Crippen molar-refractivity contribution in [3.05, 3.63) is 23.8 Å². The van der Waals surface area contributed by atoms with Crippen LogP contribution < -0.4 is 14.8 Å². The fourth-order valence-electron chi connectivity index (χ4n) is 1.63. The molecular formula is C15H21NO4. The van der Waals surface area contributed by atoms with Crippen molar-refractivity contribution in [3.8, 4) is 11.5 Å². The molecule has 0 aromatic heterocycles. The van der Waals surface area contributed by atoms with Crippen LogP contribution in [-0.2, 0) is 16.0 Å². The molecule has 0 fully saturated rings. The Hall–Kier alpha value is -2.04. The van der Waals surface area contributed by atoms with Gasteiger partial charge in [0.15, 0.2) is 17.3 Å². The summed E-state index contributed by atoms with van der Waals surface area (Å²) in [6, 6.07) is 5.30. The highest BCUT2D eigenvalue weighted by Crippen LogP contribution is 2.27. The number of rotatable bonds is 7. The zero-order valence-electron chi connectivity index (χ0n) is 12.4. The second kappa shape index (κ2) is 7.53. The molecule has 0 saturated carbocycles. The Morgan fingerprint density at radius 1 is 1.15 bits per heavy atom. The van der Waals surface area contributed by atoms with Gasteiger partial charge in [0.05, 0.1) is 27.2 Å². The third-order valence-corrected chi connectivity index (χ3v) is 2.92. The van der Waals surface area contributed by atoms with E-state index in [1.807, 2.05) is 13.8 Å². The van der Waals surface area contributed by atoms with Crippen molar-refractivity contribution in [2.24, 2.45) is 5.92 Å². The van der Waals surface area contributed by atoms with Gasteiger partial charge in [-0.1, -0.05) is 19.9 Å². The van der Waals surface area contributed by atoms with Crippen LogP contribution in [0, 0.1) is 5.92 Å². The van der Waals surface area contributed by atoms with Crippen LogP contribution in [0.1, 0.15) is 19.4 Å². The van der Waals surface area contributed by atoms with Crippen LogP contribution in [0.3, 0.4) is 0 Å². The summed E-state index contributed by atoms with van der Waals surface area (Å²) in [4.78, 5) is 23.2. The summed E-state index contributed by atoms with van der Waals surface area (Å²) in [6.07, 6.45) is 0.200. The molecule has 1 N–H and O–H groups in total. The van der Waals surface area contributed by atoms with Gasteiger partial charge in [-0.2, -0.15) is 0 Å². The Labute approximate surface area is 119 Å². The maximum absolute atomic E-state index is 11.8. The van der Waals surface area contributed by atoms with Gasteiger partial charge in [0.2, 0.25) is 5.91 Å². The number of ketones is 1. The summed E-state index contributed by atoms with van der Waals surface area (Å²) < 4.78 is 10.3. The maximum atomic E-state index is 11.8. The lowest BCUT2D eigenvalue weighted by Gasteiger charge is -2.10. The first-order valence-corrected chi connectivity index (χ1v) is 6.48. The van der Waals surface area contributed by atoms with E-state index in [1.165, 1.54) is 0 Å². The number of carbonyl (C=O) groups excluding carboxylic acids is 2. The van der Waals surface area contributed by atoms with Crippen molar-refractivity contribution in [1.29, 1.82) is 0 Å². The lowest BCUT2D eigenvalue weighted by atomic mass is 10.1. The summed E-state index contributed by atoms with van der Waals surface area (Å²) >= 11 is 0. The molecule has 0 aliphatic rings. The van der Waals surface area contributed by atoms with Gasteiger partial charge in [0, 0.05) is 5.92 Å². The molecule has 0 aliphatic carbocycles. The summed E-state index contributed by atoms with van der Waals surface area (Å²) in [5.74, 6) is 0.955. The second-order valence-electron chi connectivity index (χ2n) is 4.76. The Kier molecular flexibility index (Phi) is 6.03. The topological polar surface area (TPSA) is 64.6 Å². The molecule has 0 aliphatic heterocycles. The first kappa shape index (κ1) is 16.0. The number of ether oxygens (including phenoxy) is 2. The molecule has 1 aromatic carbocycles. The fraction of sp³-hybridized carbons (Fsp3) is 0.467. The standard InChI is InChI=1S/C15H21NO4/c1-10(2)12(17)9-16-15(18)8-11-5-6-13(19-3)14(7-11)20-4/h5-7,10H,8-9H2,1-4H3,(H,16,18). The third-order valence-electron chi connectivity index (χ3n) is 2.92. The van der Waals surface area contributed by atoms with Crippen LogP contribution in [0.2, 0.25) is 0 Å². The molecule has 0 bridgehead atoms. The summed E-state index contributed by atoms with van der Waals surface area (Å²) in [5.41, 5.74) is 0.803.